The van der Waals surface area contributed by atoms with Gasteiger partial charge in [-0.2, -0.15) is 11.8 Å². The van der Waals surface area contributed by atoms with Crippen molar-refractivity contribution < 1.29 is 5.11 Å². The van der Waals surface area contributed by atoms with Gasteiger partial charge in [-0.15, -0.1) is 0 Å². The van der Waals surface area contributed by atoms with E-state index in [9.17, 15) is 5.11 Å². The Morgan fingerprint density at radius 2 is 2.20 bits per heavy atom. The maximum Gasteiger partial charge on any atom is 0.0841 e. The molecule has 2 rings (SSSR count). The Bertz CT molecular complexity index is 350. The molecule has 15 heavy (non-hydrogen) atoms. The van der Waals surface area contributed by atoms with Gasteiger partial charge in [0.1, 0.15) is 0 Å². The fraction of sp³-hybridized carbons (Fsp3) is 0.455. The molecule has 1 fully saturated rings. The number of rotatable bonds is 2. The van der Waals surface area contributed by atoms with Gasteiger partial charge in [-0.25, -0.2) is 0 Å². The molecule has 82 valence electrons. The van der Waals surface area contributed by atoms with E-state index in [2.05, 4.69) is 0 Å². The lowest BCUT2D eigenvalue weighted by Gasteiger charge is -2.18. The number of aliphatic hydroxyl groups excluding tert-OH is 1. The summed E-state index contributed by atoms with van der Waals surface area (Å²) in [5, 5.41) is 11.4. The van der Waals surface area contributed by atoms with Crippen LogP contribution in [0.15, 0.2) is 18.2 Å². The van der Waals surface area contributed by atoms with Crippen molar-refractivity contribution >= 4 is 35.0 Å². The average molecular weight is 263 g/mol. The van der Waals surface area contributed by atoms with Crippen LogP contribution in [0.25, 0.3) is 0 Å². The van der Waals surface area contributed by atoms with E-state index >= 15 is 0 Å². The highest BCUT2D eigenvalue weighted by molar-refractivity contribution is 7.99. The molecule has 0 saturated carbocycles. The Labute approximate surface area is 104 Å². The molecule has 0 amide bonds. The van der Waals surface area contributed by atoms with E-state index in [1.54, 1.807) is 18.2 Å². The second-order valence-electron chi connectivity index (χ2n) is 3.73. The van der Waals surface area contributed by atoms with Gasteiger partial charge < -0.3 is 5.11 Å². The van der Waals surface area contributed by atoms with Gasteiger partial charge in [0.15, 0.2) is 0 Å². The van der Waals surface area contributed by atoms with Crippen LogP contribution in [-0.2, 0) is 0 Å². The molecular formula is C11H12Cl2OS. The molecule has 1 heterocycles. The van der Waals surface area contributed by atoms with Crippen LogP contribution < -0.4 is 0 Å². The normalized spacial score (nSPS) is 23.0. The largest absolute Gasteiger partial charge is 0.388 e. The van der Waals surface area contributed by atoms with Crippen LogP contribution in [0.5, 0.6) is 0 Å². The van der Waals surface area contributed by atoms with Crippen LogP contribution in [0, 0.1) is 5.92 Å². The lowest BCUT2D eigenvalue weighted by Crippen LogP contribution is -2.12. The molecule has 4 heteroatoms. The highest BCUT2D eigenvalue weighted by Crippen LogP contribution is 2.37. The monoisotopic (exact) mass is 262 g/mol. The zero-order valence-electron chi connectivity index (χ0n) is 8.12. The van der Waals surface area contributed by atoms with E-state index in [1.165, 1.54) is 0 Å². The average Bonchev–Trinajstić information content (AvgIpc) is 2.74. The van der Waals surface area contributed by atoms with Crippen molar-refractivity contribution in [3.63, 3.8) is 0 Å². The summed E-state index contributed by atoms with van der Waals surface area (Å²) in [6.45, 7) is 0. The number of halogens is 2. The molecule has 0 aromatic heterocycles. The fourth-order valence-electron chi connectivity index (χ4n) is 1.80. The van der Waals surface area contributed by atoms with Gasteiger partial charge in [-0.3, -0.25) is 0 Å². The van der Waals surface area contributed by atoms with Crippen molar-refractivity contribution in [3.8, 4) is 0 Å². The Hall–Kier alpha value is 0.110. The van der Waals surface area contributed by atoms with Crippen LogP contribution in [0.1, 0.15) is 18.1 Å². The third-order valence-electron chi connectivity index (χ3n) is 2.69. The Balaban J connectivity index is 2.23. The summed E-state index contributed by atoms with van der Waals surface area (Å²) in [6.07, 6.45) is 0.570. The van der Waals surface area contributed by atoms with Crippen LogP contribution in [-0.4, -0.2) is 16.6 Å². The molecule has 1 nitrogen and oxygen atoms in total. The molecule has 2 atom stereocenters. The molecule has 1 aliphatic heterocycles. The summed E-state index contributed by atoms with van der Waals surface area (Å²) in [4.78, 5) is 0. The Morgan fingerprint density at radius 3 is 2.87 bits per heavy atom. The summed E-state index contributed by atoms with van der Waals surface area (Å²) in [5.74, 6) is 2.44. The van der Waals surface area contributed by atoms with E-state index in [0.717, 1.165) is 23.5 Å². The third kappa shape index (κ3) is 2.62. The molecule has 1 N–H and O–H groups in total. The lowest BCUT2D eigenvalue weighted by molar-refractivity contribution is 0.121. The minimum Gasteiger partial charge on any atom is -0.388 e. The zero-order valence-corrected chi connectivity index (χ0v) is 10.4. The van der Waals surface area contributed by atoms with Gasteiger partial charge >= 0.3 is 0 Å². The minimum absolute atomic E-state index is 0.311. The SMILES string of the molecule is OC(c1cc(Cl)ccc1Cl)C1CCSC1. The number of hydrogen-bond acceptors (Lipinski definition) is 2. The summed E-state index contributed by atoms with van der Waals surface area (Å²) in [7, 11) is 0. The van der Waals surface area contributed by atoms with E-state index in [0.29, 0.717) is 16.0 Å². The van der Waals surface area contributed by atoms with Crippen molar-refractivity contribution in [3.05, 3.63) is 33.8 Å². The van der Waals surface area contributed by atoms with Gasteiger partial charge in [0.25, 0.3) is 0 Å². The fourth-order valence-corrected chi connectivity index (χ4v) is 3.49. The van der Waals surface area contributed by atoms with Crippen molar-refractivity contribution in [1.29, 1.82) is 0 Å². The number of thioether (sulfide) groups is 1. The minimum atomic E-state index is -0.480. The number of benzene rings is 1. The van der Waals surface area contributed by atoms with Crippen molar-refractivity contribution in [2.75, 3.05) is 11.5 Å². The first kappa shape index (κ1) is 11.6. The molecule has 0 spiro atoms. The molecule has 0 aliphatic carbocycles. The van der Waals surface area contributed by atoms with E-state index in [4.69, 9.17) is 23.2 Å². The van der Waals surface area contributed by atoms with Crippen LogP contribution in [0.3, 0.4) is 0 Å². The van der Waals surface area contributed by atoms with Gasteiger partial charge in [0.05, 0.1) is 6.10 Å². The van der Waals surface area contributed by atoms with Crippen molar-refractivity contribution in [2.24, 2.45) is 5.92 Å². The summed E-state index contributed by atoms with van der Waals surface area (Å²) in [5.41, 5.74) is 0.761. The van der Waals surface area contributed by atoms with Crippen LogP contribution in [0.4, 0.5) is 0 Å². The quantitative estimate of drug-likeness (QED) is 0.876. The first-order chi connectivity index (χ1) is 7.18. The topological polar surface area (TPSA) is 20.2 Å². The third-order valence-corrected chi connectivity index (χ3v) is 4.46. The van der Waals surface area contributed by atoms with Crippen molar-refractivity contribution in [2.45, 2.75) is 12.5 Å². The number of hydrogen-bond donors (Lipinski definition) is 1. The lowest BCUT2D eigenvalue weighted by atomic mass is 9.95. The first-order valence-corrected chi connectivity index (χ1v) is 6.80. The van der Waals surface area contributed by atoms with Crippen LogP contribution >= 0.6 is 35.0 Å². The van der Waals surface area contributed by atoms with Gasteiger partial charge in [0.2, 0.25) is 0 Å². The number of aliphatic hydroxyl groups is 1. The highest BCUT2D eigenvalue weighted by atomic mass is 35.5. The molecule has 1 aromatic rings. The summed E-state index contributed by atoms with van der Waals surface area (Å²) in [6, 6.07) is 5.24. The van der Waals surface area contributed by atoms with Crippen LogP contribution in [0.2, 0.25) is 10.0 Å². The van der Waals surface area contributed by atoms with E-state index in [1.807, 2.05) is 11.8 Å². The Morgan fingerprint density at radius 1 is 1.40 bits per heavy atom. The van der Waals surface area contributed by atoms with Gasteiger partial charge in [0, 0.05) is 15.6 Å². The molecule has 1 aliphatic rings. The standard InChI is InChI=1S/C11H12Cl2OS/c12-8-1-2-10(13)9(5-8)11(14)7-3-4-15-6-7/h1-2,5,7,11,14H,3-4,6H2. The molecule has 0 radical (unpaired) electrons. The molecule has 1 aromatic carbocycles. The summed E-state index contributed by atoms with van der Waals surface area (Å²) >= 11 is 13.8. The van der Waals surface area contributed by atoms with E-state index < -0.39 is 6.10 Å². The van der Waals surface area contributed by atoms with Gasteiger partial charge in [-0.1, -0.05) is 23.2 Å². The summed E-state index contributed by atoms with van der Waals surface area (Å²) < 4.78 is 0. The second-order valence-corrected chi connectivity index (χ2v) is 5.73. The molecular weight excluding hydrogens is 251 g/mol. The maximum atomic E-state index is 10.2. The Kier molecular flexibility index (Phi) is 3.83. The zero-order chi connectivity index (χ0) is 10.8. The molecule has 1 saturated heterocycles. The van der Waals surface area contributed by atoms with Gasteiger partial charge in [-0.05, 0) is 42.0 Å². The maximum absolute atomic E-state index is 10.2. The molecule has 2 unspecified atom stereocenters. The smallest absolute Gasteiger partial charge is 0.0841 e. The second kappa shape index (κ2) is 4.96. The predicted octanol–water partition coefficient (Wildman–Crippen LogP) is 3.78. The predicted molar refractivity (Wildman–Crippen MR) is 66.9 cm³/mol. The molecule has 0 bridgehead atoms. The highest BCUT2D eigenvalue weighted by Gasteiger charge is 2.26. The first-order valence-electron chi connectivity index (χ1n) is 4.89. The van der Waals surface area contributed by atoms with Crippen molar-refractivity contribution in [1.82, 2.24) is 0 Å². The van der Waals surface area contributed by atoms with E-state index in [-0.39, 0.29) is 0 Å².